The van der Waals surface area contributed by atoms with Gasteiger partial charge in [0.2, 0.25) is 82.7 Å². The van der Waals surface area contributed by atoms with Crippen molar-refractivity contribution in [1.82, 2.24) is 114 Å². The molecular formula is C86H144N28O16. The number of hydrogen-bond acceptors (Lipinski definition) is 24. The Labute approximate surface area is 763 Å². The summed E-state index contributed by atoms with van der Waals surface area (Å²) in [7, 11) is 0. The Kier molecular flexibility index (Phi) is 56.1. The van der Waals surface area contributed by atoms with Gasteiger partial charge in [-0.05, 0) is 165 Å². The number of nitrogens with one attached hydrogen (secondary N) is 14. The van der Waals surface area contributed by atoms with Crippen LogP contribution in [0.25, 0.3) is 20.9 Å². The zero-order valence-corrected chi connectivity index (χ0v) is 79.0. The summed E-state index contributed by atoms with van der Waals surface area (Å²) in [6.07, 6.45) is 25.7. The van der Waals surface area contributed by atoms with Crippen molar-refractivity contribution in [3.8, 4) is 24.7 Å². The topological polar surface area (TPSA) is 607 Å². The molecule has 14 N–H and O–H groups in total. The highest BCUT2D eigenvalue weighted by Gasteiger charge is 2.56. The number of terminal acetylenes is 2. The molecule has 6 aliphatic rings. The molecule has 0 radical (unpaired) electrons. The minimum Gasteiger partial charge on any atom is -0.356 e. The maximum Gasteiger partial charge on any atom is 0.226 e. The first kappa shape index (κ1) is 116. The summed E-state index contributed by atoms with van der Waals surface area (Å²) in [5.41, 5.74) is 16.7. The quantitative estimate of drug-likeness (QED) is 0.0148. The third kappa shape index (κ3) is 50.6. The standard InChI is InChI=1S/C22H35N7O4.C22H38N6O4.C18H30N8O4.C18H33N7O4.2C3H4/c1-14-12-28(27-26-14)13-21(33)8-22-5-18(9-23-15(2)30)29(19(6-22)10-24-16(3)31)20(7-22)11-25-17(4)32;1-17-15-28(27-26-17)16-21(32)14-22(8-5-11-23-18(2)29,9-6-12-24-19(3)30)10-7-13-25-20(4)31;1-11(27)20-7-14-4-18(24-17(30)10-23-25-19)5-15(8-21-12(2)28)26(14)16(6-18)9-22-13(3)29;1-14(26)20-10-4-7-18(8-5-11-21-15(2)27,9-6-12-22-16(3)28)24-17(29)13-23-25-19;2*1-3-2/h12,18-20H,5-11,13H2,1-4H3,(H,23,30)(H,24,31)(H,25,32);15H,5-14,16H2,1-4H3,(H,23,29)(H,24,30)(H,25,31);14-16H,4-10H2,1-3H3,(H,20,27)(H,21,28)(H,22,29)(H,24,30);4-13H2,1-3H3,(H,20,26)(H,21,27)(H,22,28)(H,24,29);2*1H,2H3/t18-,19+,20?,22?;;14-,15+,16?,18?;;;. The highest BCUT2D eigenvalue weighted by Crippen LogP contribution is 2.51. The smallest absolute Gasteiger partial charge is 0.226 e. The van der Waals surface area contributed by atoms with Gasteiger partial charge in [-0.15, -0.1) is 34.9 Å². The number of Topliss-reactive ketones (excluding diaryl/α,β-unsaturated/α-hetero) is 2. The van der Waals surface area contributed by atoms with E-state index in [-0.39, 0.29) is 168 Å². The summed E-state index contributed by atoms with van der Waals surface area (Å²) in [5, 5.41) is 62.5. The van der Waals surface area contributed by atoms with Crippen LogP contribution in [0.5, 0.6) is 0 Å². The second-order valence-corrected chi connectivity index (χ2v) is 33.7. The molecule has 8 heterocycles. The maximum absolute atomic E-state index is 13.1. The van der Waals surface area contributed by atoms with Crippen LogP contribution in [0, 0.1) is 49.4 Å². The molecule has 0 saturated carbocycles. The van der Waals surface area contributed by atoms with Crippen molar-refractivity contribution in [2.45, 2.75) is 300 Å². The number of rotatable bonds is 50. The van der Waals surface area contributed by atoms with Crippen molar-refractivity contribution >= 4 is 94.3 Å². The summed E-state index contributed by atoms with van der Waals surface area (Å²) in [4.78, 5) is 197. The zero-order valence-electron chi connectivity index (χ0n) is 79.0. The second-order valence-electron chi connectivity index (χ2n) is 33.7. The van der Waals surface area contributed by atoms with Gasteiger partial charge < -0.3 is 74.4 Å². The number of azide groups is 2. The molecule has 6 unspecified atom stereocenters. The summed E-state index contributed by atoms with van der Waals surface area (Å²) >= 11 is 0. The summed E-state index contributed by atoms with van der Waals surface area (Å²) in [5.74, 6) is 2.46. The number of hydrogen-bond donors (Lipinski definition) is 14. The van der Waals surface area contributed by atoms with Crippen LogP contribution in [0.3, 0.4) is 0 Å². The van der Waals surface area contributed by atoms with E-state index in [9.17, 15) is 76.7 Å². The highest BCUT2D eigenvalue weighted by molar-refractivity contribution is 5.82. The average molecular weight is 1830 g/mol. The van der Waals surface area contributed by atoms with Crippen LogP contribution in [-0.4, -0.2) is 273 Å². The second kappa shape index (κ2) is 62.9. The van der Waals surface area contributed by atoms with Gasteiger partial charge in [0.15, 0.2) is 11.6 Å². The Morgan fingerprint density at radius 2 is 0.662 bits per heavy atom. The van der Waals surface area contributed by atoms with Crippen LogP contribution >= 0.6 is 0 Å². The minimum atomic E-state index is -0.600. The highest BCUT2D eigenvalue weighted by atomic mass is 16.2. The number of amides is 14. The van der Waals surface area contributed by atoms with E-state index in [1.807, 2.05) is 13.8 Å². The Bertz CT molecular complexity index is 3940. The number of fused-ring (bicyclic) bond motifs is 6. The Balaban J connectivity index is 0.000000849. The van der Waals surface area contributed by atoms with E-state index in [1.165, 1.54) is 83.1 Å². The maximum atomic E-state index is 13.1. The van der Waals surface area contributed by atoms with Crippen LogP contribution in [0.1, 0.15) is 237 Å². The summed E-state index contributed by atoms with van der Waals surface area (Å²) in [6, 6.07) is -0.239. The van der Waals surface area contributed by atoms with Gasteiger partial charge in [-0.3, -0.25) is 86.5 Å². The molecule has 44 heteroatoms. The van der Waals surface area contributed by atoms with E-state index >= 15 is 0 Å². The lowest BCUT2D eigenvalue weighted by molar-refractivity contribution is -0.137. The number of nitrogens with zero attached hydrogens (tertiary/aromatic N) is 14. The predicted octanol–water partition coefficient (Wildman–Crippen LogP) is 2.17. The van der Waals surface area contributed by atoms with Gasteiger partial charge in [-0.25, -0.2) is 9.36 Å². The van der Waals surface area contributed by atoms with E-state index in [0.717, 1.165) is 69.2 Å². The van der Waals surface area contributed by atoms with Gasteiger partial charge in [0, 0.05) is 244 Å². The number of aryl methyl sites for hydroxylation is 2. The molecule has 8 rings (SSSR count). The molecule has 0 aromatic carbocycles. The van der Waals surface area contributed by atoms with Crippen molar-refractivity contribution in [2.75, 3.05) is 91.6 Å². The first-order valence-corrected chi connectivity index (χ1v) is 44.0. The molecule has 130 heavy (non-hydrogen) atoms. The van der Waals surface area contributed by atoms with Crippen LogP contribution in [0.2, 0.25) is 0 Å². The summed E-state index contributed by atoms with van der Waals surface area (Å²) in [6.45, 7) is 29.8. The number of carbonyl (C=O) groups is 16. The van der Waals surface area contributed by atoms with Gasteiger partial charge in [0.1, 0.15) is 26.2 Å². The zero-order chi connectivity index (χ0) is 98.0. The van der Waals surface area contributed by atoms with Gasteiger partial charge in [-0.1, -0.05) is 20.7 Å². The molecule has 6 aliphatic heterocycles. The molecule has 6 fully saturated rings. The van der Waals surface area contributed by atoms with E-state index in [2.05, 4.69) is 150 Å². The predicted molar refractivity (Wildman–Crippen MR) is 486 cm³/mol. The Hall–Kier alpha value is -12.1. The monoisotopic (exact) mass is 1830 g/mol. The lowest BCUT2D eigenvalue weighted by atomic mass is 9.61. The molecule has 14 amide bonds. The Morgan fingerprint density at radius 3 is 0.915 bits per heavy atom. The van der Waals surface area contributed by atoms with Crippen LogP contribution in [0.4, 0.5) is 0 Å². The fourth-order valence-electron chi connectivity index (χ4n) is 17.4. The normalized spacial score (nSPS) is 19.1. The Morgan fingerprint density at radius 1 is 0.408 bits per heavy atom. The van der Waals surface area contributed by atoms with E-state index in [0.29, 0.717) is 149 Å². The molecule has 6 saturated heterocycles. The number of piperidine rings is 6. The molecular weight excluding hydrogens is 1680 g/mol. The molecule has 724 valence electrons. The fraction of sp³-hybridized carbons (Fsp3) is 0.721. The molecule has 4 bridgehead atoms. The number of carbonyl (C=O) groups excluding carboxylic acids is 16. The van der Waals surface area contributed by atoms with Crippen LogP contribution < -0.4 is 74.4 Å². The molecule has 0 spiro atoms. The first-order valence-electron chi connectivity index (χ1n) is 44.0. The van der Waals surface area contributed by atoms with Crippen LogP contribution in [0.15, 0.2) is 22.6 Å². The lowest BCUT2D eigenvalue weighted by Gasteiger charge is -2.60. The third-order valence-electron chi connectivity index (χ3n) is 21.8. The minimum absolute atomic E-state index is 0.00957. The van der Waals surface area contributed by atoms with Crippen LogP contribution in [-0.2, 0) is 89.8 Å². The van der Waals surface area contributed by atoms with Crippen molar-refractivity contribution in [1.29, 1.82) is 0 Å². The van der Waals surface area contributed by atoms with E-state index in [1.54, 1.807) is 35.6 Å². The SMILES string of the molecule is C#CC.C#CC.CC(=O)NCC1CC2(CC(=O)Cn3cc(C)nn3)C[C@@H](CNC(C)=O)N1[C@@H](CNC(C)=O)C2.CC(=O)NCC1CC2(NC(=O)CN=[N+]=[N-])C[C@@H](CNC(C)=O)N1[C@@H](CNC(C)=O)C2.CC(=O)NCCCC(CCCNC(C)=O)(CCCNC(C)=O)CC(=O)Cn1cc(C)nn1.CC(=O)NCCCC(CCCNC(C)=O)(CCCNC(C)=O)NC(=O)CN=[N+]=[N-]. The first-order chi connectivity index (χ1) is 61.4. The van der Waals surface area contributed by atoms with E-state index < -0.39 is 11.1 Å². The third-order valence-corrected chi connectivity index (χ3v) is 21.8. The van der Waals surface area contributed by atoms with Gasteiger partial charge >= 0.3 is 0 Å². The number of aromatic nitrogens is 6. The number of ketones is 2. The van der Waals surface area contributed by atoms with Gasteiger partial charge in [0.25, 0.3) is 0 Å². The molecule has 10 atom stereocenters. The molecule has 44 nitrogen and oxygen atoms in total. The van der Waals surface area contributed by atoms with E-state index in [4.69, 9.17) is 11.1 Å². The molecule has 2 aromatic rings. The van der Waals surface area contributed by atoms with Crippen molar-refractivity contribution in [2.24, 2.45) is 21.1 Å². The van der Waals surface area contributed by atoms with Crippen molar-refractivity contribution in [3.63, 3.8) is 0 Å². The lowest BCUT2D eigenvalue weighted by Crippen LogP contribution is -2.75. The fourth-order valence-corrected chi connectivity index (χ4v) is 17.4. The van der Waals surface area contributed by atoms with Gasteiger partial charge in [0.05, 0.1) is 11.4 Å². The molecule has 0 aliphatic carbocycles. The summed E-state index contributed by atoms with van der Waals surface area (Å²) < 4.78 is 3.11. The van der Waals surface area contributed by atoms with Gasteiger partial charge in [-0.2, -0.15) is 0 Å². The molecule has 2 aromatic heterocycles. The average Bonchev–Trinajstić information content (AvgIpc) is 0.836. The van der Waals surface area contributed by atoms with Crippen molar-refractivity contribution < 1.29 is 76.7 Å². The van der Waals surface area contributed by atoms with Crippen molar-refractivity contribution in [3.05, 3.63) is 44.7 Å². The largest absolute Gasteiger partial charge is 0.356 e.